The summed E-state index contributed by atoms with van der Waals surface area (Å²) in [6, 6.07) is 9.09. The van der Waals surface area contributed by atoms with Gasteiger partial charge in [-0.3, -0.25) is 0 Å². The summed E-state index contributed by atoms with van der Waals surface area (Å²) in [5.74, 6) is -0.540. The second-order valence-electron chi connectivity index (χ2n) is 4.34. The molecule has 96 valence electrons. The van der Waals surface area contributed by atoms with Crippen molar-refractivity contribution in [1.82, 2.24) is 0 Å². The number of ether oxygens (including phenoxy) is 2. The van der Waals surface area contributed by atoms with Gasteiger partial charge in [0.15, 0.2) is 6.61 Å². The lowest BCUT2D eigenvalue weighted by Gasteiger charge is -2.17. The van der Waals surface area contributed by atoms with E-state index < -0.39 is 11.7 Å². The highest BCUT2D eigenvalue weighted by Gasteiger charge is 2.44. The lowest BCUT2D eigenvalue weighted by molar-refractivity contribution is -0.169. The van der Waals surface area contributed by atoms with Crippen LogP contribution in [0.25, 0.3) is 0 Å². The van der Waals surface area contributed by atoms with Crippen LogP contribution >= 0.6 is 0 Å². The van der Waals surface area contributed by atoms with Gasteiger partial charge < -0.3 is 14.6 Å². The number of aliphatic imine (C=N–C) groups is 1. The highest BCUT2D eigenvalue weighted by atomic mass is 16.6. The van der Waals surface area contributed by atoms with Gasteiger partial charge in [-0.15, -0.1) is 0 Å². The number of esters is 1. The molecule has 1 N–H and O–H groups in total. The average molecular weight is 249 g/mol. The minimum absolute atomic E-state index is 0.219. The maximum atomic E-state index is 11.7. The fourth-order valence-corrected chi connectivity index (χ4v) is 1.54. The molecule has 1 aromatic carbocycles. The van der Waals surface area contributed by atoms with Crippen LogP contribution in [-0.4, -0.2) is 35.4 Å². The van der Waals surface area contributed by atoms with Gasteiger partial charge in [-0.2, -0.15) is 0 Å². The number of nitrogens with zero attached hydrogens (tertiary/aromatic N) is 1. The molecule has 1 aliphatic rings. The zero-order valence-corrected chi connectivity index (χ0v) is 10.3. The first kappa shape index (κ1) is 12.6. The first-order valence-electron chi connectivity index (χ1n) is 5.73. The molecule has 1 aliphatic heterocycles. The molecular weight excluding hydrogens is 234 g/mol. The van der Waals surface area contributed by atoms with Gasteiger partial charge in [0.05, 0.1) is 6.10 Å². The Morgan fingerprint density at radius 1 is 1.44 bits per heavy atom. The van der Waals surface area contributed by atoms with E-state index in [4.69, 9.17) is 9.47 Å². The van der Waals surface area contributed by atoms with Crippen molar-refractivity contribution in [3.8, 4) is 0 Å². The molecule has 0 bridgehead atoms. The second kappa shape index (κ2) is 4.78. The lowest BCUT2D eigenvalue weighted by Crippen LogP contribution is -2.40. The average Bonchev–Trinajstić information content (AvgIpc) is 2.74. The molecule has 0 aromatic heterocycles. The van der Waals surface area contributed by atoms with Crippen LogP contribution in [0.4, 0.5) is 0 Å². The third-order valence-electron chi connectivity index (χ3n) is 2.39. The van der Waals surface area contributed by atoms with Gasteiger partial charge in [0, 0.05) is 5.56 Å². The smallest absolute Gasteiger partial charge is 0.365 e. The molecule has 0 aliphatic carbocycles. The Labute approximate surface area is 105 Å². The lowest BCUT2D eigenvalue weighted by atomic mass is 10.2. The van der Waals surface area contributed by atoms with Crippen LogP contribution in [0.2, 0.25) is 0 Å². The fourth-order valence-electron chi connectivity index (χ4n) is 1.54. The maximum absolute atomic E-state index is 11.7. The van der Waals surface area contributed by atoms with E-state index in [0.717, 1.165) is 0 Å². The third-order valence-corrected chi connectivity index (χ3v) is 2.39. The molecular formula is C13H15NO4. The summed E-state index contributed by atoms with van der Waals surface area (Å²) in [7, 11) is 0. The van der Waals surface area contributed by atoms with Gasteiger partial charge in [-0.25, -0.2) is 9.79 Å². The van der Waals surface area contributed by atoms with Gasteiger partial charge in [0.2, 0.25) is 5.90 Å². The highest BCUT2D eigenvalue weighted by molar-refractivity contribution is 5.98. The van der Waals surface area contributed by atoms with E-state index in [0.29, 0.717) is 5.56 Å². The van der Waals surface area contributed by atoms with Gasteiger partial charge in [0.1, 0.15) is 0 Å². The van der Waals surface area contributed by atoms with E-state index in [1.54, 1.807) is 26.0 Å². The molecule has 18 heavy (non-hydrogen) atoms. The first-order valence-corrected chi connectivity index (χ1v) is 5.73. The number of benzene rings is 1. The molecule has 1 heterocycles. The van der Waals surface area contributed by atoms with Crippen LogP contribution in [0, 0.1) is 0 Å². The third kappa shape index (κ3) is 2.51. The van der Waals surface area contributed by atoms with Crippen molar-refractivity contribution in [3.05, 3.63) is 35.9 Å². The summed E-state index contributed by atoms with van der Waals surface area (Å²) in [6.45, 7) is 3.20. The van der Waals surface area contributed by atoms with E-state index in [9.17, 15) is 9.90 Å². The van der Waals surface area contributed by atoms with E-state index in [2.05, 4.69) is 4.99 Å². The largest absolute Gasteiger partial charge is 0.472 e. The zero-order chi connectivity index (χ0) is 13.2. The van der Waals surface area contributed by atoms with Crippen LogP contribution in [-0.2, 0) is 14.3 Å². The van der Waals surface area contributed by atoms with Crippen molar-refractivity contribution in [3.63, 3.8) is 0 Å². The quantitative estimate of drug-likeness (QED) is 0.815. The molecule has 1 aromatic rings. The molecule has 0 amide bonds. The Balaban J connectivity index is 2.19. The Morgan fingerprint density at radius 2 is 2.11 bits per heavy atom. The van der Waals surface area contributed by atoms with Crippen LogP contribution < -0.4 is 0 Å². The summed E-state index contributed by atoms with van der Waals surface area (Å²) in [4.78, 5) is 15.6. The second-order valence-corrected chi connectivity index (χ2v) is 4.34. The van der Waals surface area contributed by atoms with E-state index in [1.807, 2.05) is 18.2 Å². The molecule has 0 spiro atoms. The summed E-state index contributed by atoms with van der Waals surface area (Å²) in [5, 5.41) is 10.1. The highest BCUT2D eigenvalue weighted by Crippen LogP contribution is 2.21. The number of hydrogen-bond donors (Lipinski definition) is 1. The van der Waals surface area contributed by atoms with E-state index in [1.165, 1.54) is 0 Å². The minimum atomic E-state index is -1.94. The first-order chi connectivity index (χ1) is 8.51. The standard InChI is InChI=1S/C13H15NO4/c1-9(2)18-12(15)13(16)8-17-11(14-13)10-6-4-3-5-7-10/h3-7,9,16H,8H2,1-2H3. The number of rotatable bonds is 3. The number of carbonyl (C=O) groups excluding carboxylic acids is 1. The summed E-state index contributed by atoms with van der Waals surface area (Å²) in [6.07, 6.45) is -0.308. The summed E-state index contributed by atoms with van der Waals surface area (Å²) < 4.78 is 10.2. The van der Waals surface area contributed by atoms with Gasteiger partial charge in [-0.05, 0) is 26.0 Å². The van der Waals surface area contributed by atoms with Crippen LogP contribution in [0.5, 0.6) is 0 Å². The van der Waals surface area contributed by atoms with Crippen molar-refractivity contribution in [1.29, 1.82) is 0 Å². The van der Waals surface area contributed by atoms with E-state index in [-0.39, 0.29) is 18.6 Å². The fraction of sp³-hybridized carbons (Fsp3) is 0.385. The molecule has 0 radical (unpaired) electrons. The topological polar surface area (TPSA) is 68.1 Å². The maximum Gasteiger partial charge on any atom is 0.365 e. The van der Waals surface area contributed by atoms with Crippen LogP contribution in [0.1, 0.15) is 19.4 Å². The predicted octanol–water partition coefficient (Wildman–Crippen LogP) is 1.10. The molecule has 2 rings (SSSR count). The van der Waals surface area contributed by atoms with Crippen molar-refractivity contribution in [2.45, 2.75) is 25.7 Å². The number of aliphatic hydroxyl groups is 1. The normalized spacial score (nSPS) is 22.6. The van der Waals surface area contributed by atoms with E-state index >= 15 is 0 Å². The summed E-state index contributed by atoms with van der Waals surface area (Å²) >= 11 is 0. The van der Waals surface area contributed by atoms with Crippen LogP contribution in [0.3, 0.4) is 0 Å². The predicted molar refractivity (Wildman–Crippen MR) is 65.1 cm³/mol. The van der Waals surface area contributed by atoms with Crippen molar-refractivity contribution >= 4 is 11.9 Å². The van der Waals surface area contributed by atoms with Gasteiger partial charge in [-0.1, -0.05) is 18.2 Å². The van der Waals surface area contributed by atoms with Crippen molar-refractivity contribution < 1.29 is 19.4 Å². The molecule has 0 saturated heterocycles. The SMILES string of the molecule is CC(C)OC(=O)C1(O)COC(c2ccccc2)=N1. The number of hydrogen-bond acceptors (Lipinski definition) is 5. The molecule has 5 nitrogen and oxygen atoms in total. The zero-order valence-electron chi connectivity index (χ0n) is 10.3. The molecule has 5 heteroatoms. The molecule has 1 unspecified atom stereocenters. The number of carbonyl (C=O) groups is 1. The van der Waals surface area contributed by atoms with Gasteiger partial charge in [0.25, 0.3) is 5.72 Å². The van der Waals surface area contributed by atoms with Crippen molar-refractivity contribution in [2.75, 3.05) is 6.61 Å². The molecule has 1 atom stereocenters. The Hall–Kier alpha value is -1.88. The Kier molecular flexibility index (Phi) is 3.34. The monoisotopic (exact) mass is 249 g/mol. The van der Waals surface area contributed by atoms with Crippen LogP contribution in [0.15, 0.2) is 35.3 Å². The Bertz CT molecular complexity index is 469. The minimum Gasteiger partial charge on any atom is -0.472 e. The molecule has 0 fully saturated rings. The molecule has 0 saturated carbocycles. The Morgan fingerprint density at radius 3 is 2.72 bits per heavy atom. The van der Waals surface area contributed by atoms with Crippen molar-refractivity contribution in [2.24, 2.45) is 4.99 Å². The summed E-state index contributed by atoms with van der Waals surface area (Å²) in [5.41, 5.74) is -1.22. The van der Waals surface area contributed by atoms with Gasteiger partial charge >= 0.3 is 5.97 Å².